The topological polar surface area (TPSA) is 56.9 Å². The first kappa shape index (κ1) is 14.1. The molecule has 0 bridgehead atoms. The van der Waals surface area contributed by atoms with Crippen molar-refractivity contribution in [2.75, 3.05) is 39.3 Å². The zero-order chi connectivity index (χ0) is 14.8. The van der Waals surface area contributed by atoms with Gasteiger partial charge in [-0.3, -0.25) is 9.69 Å². The van der Waals surface area contributed by atoms with Crippen LogP contribution in [0.2, 0.25) is 0 Å². The number of aryl methyl sites for hydroxylation is 1. The molecule has 0 radical (unpaired) electrons. The predicted molar refractivity (Wildman–Crippen MR) is 80.4 cm³/mol. The van der Waals surface area contributed by atoms with Crippen molar-refractivity contribution in [2.45, 2.75) is 6.92 Å². The number of rotatable bonds is 3. The molecule has 1 amide bonds. The first-order valence-corrected chi connectivity index (χ1v) is 7.30. The van der Waals surface area contributed by atoms with Crippen LogP contribution >= 0.6 is 0 Å². The molecule has 0 spiro atoms. The lowest BCUT2D eigenvalue weighted by atomic mass is 10.2. The van der Waals surface area contributed by atoms with Gasteiger partial charge < -0.3 is 14.4 Å². The maximum absolute atomic E-state index is 12.5. The summed E-state index contributed by atoms with van der Waals surface area (Å²) in [5.41, 5.74) is 1.88. The number of β-amino-alcohol motifs (C(OH)–C–C–N with tert-alkyl or cyclic N) is 1. The maximum atomic E-state index is 12.5. The second kappa shape index (κ2) is 5.87. The molecule has 0 saturated carbocycles. The zero-order valence-electron chi connectivity index (χ0n) is 12.2. The van der Waals surface area contributed by atoms with Gasteiger partial charge in [-0.15, -0.1) is 0 Å². The van der Waals surface area contributed by atoms with E-state index in [1.54, 1.807) is 0 Å². The summed E-state index contributed by atoms with van der Waals surface area (Å²) in [4.78, 5) is 16.5. The number of piperazine rings is 1. The van der Waals surface area contributed by atoms with Crippen LogP contribution in [0.3, 0.4) is 0 Å². The van der Waals surface area contributed by atoms with Crippen LogP contribution in [0.5, 0.6) is 0 Å². The molecule has 5 heteroatoms. The number of nitrogens with zero attached hydrogens (tertiary/aromatic N) is 2. The third-order valence-electron chi connectivity index (χ3n) is 3.96. The fourth-order valence-corrected chi connectivity index (χ4v) is 2.72. The summed E-state index contributed by atoms with van der Waals surface area (Å²) in [7, 11) is 0. The van der Waals surface area contributed by atoms with E-state index in [4.69, 9.17) is 9.52 Å². The first-order valence-electron chi connectivity index (χ1n) is 7.30. The molecule has 0 atom stereocenters. The van der Waals surface area contributed by atoms with E-state index >= 15 is 0 Å². The van der Waals surface area contributed by atoms with Gasteiger partial charge >= 0.3 is 0 Å². The number of aliphatic hydroxyl groups is 1. The van der Waals surface area contributed by atoms with E-state index in [2.05, 4.69) is 4.90 Å². The highest BCUT2D eigenvalue weighted by Crippen LogP contribution is 2.22. The van der Waals surface area contributed by atoms with E-state index in [0.29, 0.717) is 25.4 Å². The minimum Gasteiger partial charge on any atom is -0.451 e. The lowest BCUT2D eigenvalue weighted by Crippen LogP contribution is -2.49. The summed E-state index contributed by atoms with van der Waals surface area (Å²) in [5, 5.41) is 9.90. The third kappa shape index (κ3) is 2.94. The second-order valence-electron chi connectivity index (χ2n) is 5.51. The molecule has 2 aromatic rings. The van der Waals surface area contributed by atoms with Crippen molar-refractivity contribution in [3.8, 4) is 0 Å². The van der Waals surface area contributed by atoms with Crippen molar-refractivity contribution in [2.24, 2.45) is 0 Å². The monoisotopic (exact) mass is 288 g/mol. The van der Waals surface area contributed by atoms with Gasteiger partial charge in [0.05, 0.1) is 6.61 Å². The van der Waals surface area contributed by atoms with Crippen molar-refractivity contribution < 1.29 is 14.3 Å². The highest BCUT2D eigenvalue weighted by Gasteiger charge is 2.24. The summed E-state index contributed by atoms with van der Waals surface area (Å²) < 4.78 is 5.69. The Balaban J connectivity index is 1.72. The van der Waals surface area contributed by atoms with Crippen molar-refractivity contribution >= 4 is 16.9 Å². The van der Waals surface area contributed by atoms with Gasteiger partial charge in [-0.05, 0) is 24.6 Å². The molecule has 2 heterocycles. The van der Waals surface area contributed by atoms with E-state index in [9.17, 15) is 4.79 Å². The number of fused-ring (bicyclic) bond motifs is 1. The summed E-state index contributed by atoms with van der Waals surface area (Å²) in [6, 6.07) is 7.76. The fraction of sp³-hybridized carbons (Fsp3) is 0.438. The smallest absolute Gasteiger partial charge is 0.289 e. The largest absolute Gasteiger partial charge is 0.451 e. The number of amides is 1. The number of aliphatic hydroxyl groups excluding tert-OH is 1. The Morgan fingerprint density at radius 3 is 2.71 bits per heavy atom. The zero-order valence-corrected chi connectivity index (χ0v) is 12.2. The summed E-state index contributed by atoms with van der Waals surface area (Å²) in [6.07, 6.45) is 0. The molecule has 1 aliphatic rings. The second-order valence-corrected chi connectivity index (χ2v) is 5.51. The average Bonchev–Trinajstić information content (AvgIpc) is 2.90. The molecule has 0 aliphatic carbocycles. The Bertz CT molecular complexity index is 642. The highest BCUT2D eigenvalue weighted by atomic mass is 16.3. The molecule has 1 aromatic carbocycles. The van der Waals surface area contributed by atoms with Crippen LogP contribution in [0, 0.1) is 6.92 Å². The number of hydrogen-bond donors (Lipinski definition) is 1. The van der Waals surface area contributed by atoms with Crippen molar-refractivity contribution in [3.63, 3.8) is 0 Å². The number of carbonyl (C=O) groups excluding carboxylic acids is 1. The Kier molecular flexibility index (Phi) is 3.94. The molecular weight excluding hydrogens is 268 g/mol. The van der Waals surface area contributed by atoms with E-state index in [0.717, 1.165) is 29.6 Å². The van der Waals surface area contributed by atoms with Gasteiger partial charge in [-0.2, -0.15) is 0 Å². The van der Waals surface area contributed by atoms with E-state index in [1.807, 2.05) is 36.1 Å². The van der Waals surface area contributed by atoms with Gasteiger partial charge in [0.15, 0.2) is 5.76 Å². The van der Waals surface area contributed by atoms with Crippen LogP contribution in [0.15, 0.2) is 28.7 Å². The van der Waals surface area contributed by atoms with Gasteiger partial charge in [0, 0.05) is 38.1 Å². The minimum absolute atomic E-state index is 0.0486. The summed E-state index contributed by atoms with van der Waals surface area (Å²) in [5.74, 6) is 0.360. The third-order valence-corrected chi connectivity index (χ3v) is 3.96. The first-order chi connectivity index (χ1) is 10.2. The summed E-state index contributed by atoms with van der Waals surface area (Å²) >= 11 is 0. The molecule has 1 saturated heterocycles. The van der Waals surface area contributed by atoms with E-state index < -0.39 is 0 Å². The minimum atomic E-state index is -0.0486. The normalized spacial score (nSPS) is 16.6. The van der Waals surface area contributed by atoms with Crippen molar-refractivity contribution in [1.82, 2.24) is 9.80 Å². The van der Waals surface area contributed by atoms with Gasteiger partial charge in [-0.1, -0.05) is 12.1 Å². The summed E-state index contributed by atoms with van der Waals surface area (Å²) in [6.45, 7) is 5.79. The number of hydrogen-bond acceptors (Lipinski definition) is 4. The molecule has 0 unspecified atom stereocenters. The molecule has 1 N–H and O–H groups in total. The molecule has 5 nitrogen and oxygen atoms in total. The van der Waals surface area contributed by atoms with Crippen LogP contribution in [-0.2, 0) is 0 Å². The predicted octanol–water partition coefficient (Wildman–Crippen LogP) is 1.49. The molecule has 3 rings (SSSR count). The Hall–Kier alpha value is -1.85. The number of benzene rings is 1. The van der Waals surface area contributed by atoms with Gasteiger partial charge in [0.1, 0.15) is 5.58 Å². The van der Waals surface area contributed by atoms with Gasteiger partial charge in [-0.25, -0.2) is 0 Å². The lowest BCUT2D eigenvalue weighted by Gasteiger charge is -2.33. The van der Waals surface area contributed by atoms with Crippen molar-refractivity contribution in [3.05, 3.63) is 35.6 Å². The molecular formula is C16H20N2O3. The standard InChI is InChI=1S/C16H20N2O3/c1-12-2-3-13-11-15(21-14(13)10-12)16(20)18-6-4-17(5-7-18)8-9-19/h2-3,10-11,19H,4-9H2,1H3. The Morgan fingerprint density at radius 2 is 2.00 bits per heavy atom. The maximum Gasteiger partial charge on any atom is 0.289 e. The molecule has 1 aromatic heterocycles. The van der Waals surface area contributed by atoms with Gasteiger partial charge in [0.25, 0.3) is 5.91 Å². The van der Waals surface area contributed by atoms with Crippen LogP contribution in [0.4, 0.5) is 0 Å². The quantitative estimate of drug-likeness (QED) is 0.929. The Morgan fingerprint density at radius 1 is 1.24 bits per heavy atom. The molecule has 21 heavy (non-hydrogen) atoms. The molecule has 1 aliphatic heterocycles. The van der Waals surface area contributed by atoms with Crippen LogP contribution in [0.1, 0.15) is 16.1 Å². The number of furan rings is 1. The SMILES string of the molecule is Cc1ccc2cc(C(=O)N3CCN(CCO)CC3)oc2c1. The van der Waals surface area contributed by atoms with Crippen molar-refractivity contribution in [1.29, 1.82) is 0 Å². The molecule has 1 fully saturated rings. The van der Waals surface area contributed by atoms with Crippen LogP contribution in [-0.4, -0.2) is 60.1 Å². The Labute approximate surface area is 123 Å². The van der Waals surface area contributed by atoms with E-state index in [1.165, 1.54) is 0 Å². The average molecular weight is 288 g/mol. The van der Waals surface area contributed by atoms with Crippen LogP contribution < -0.4 is 0 Å². The van der Waals surface area contributed by atoms with E-state index in [-0.39, 0.29) is 12.5 Å². The lowest BCUT2D eigenvalue weighted by molar-refractivity contribution is 0.0587. The highest BCUT2D eigenvalue weighted by molar-refractivity contribution is 5.96. The van der Waals surface area contributed by atoms with Gasteiger partial charge in [0.2, 0.25) is 0 Å². The molecule has 112 valence electrons. The van der Waals surface area contributed by atoms with Crippen LogP contribution in [0.25, 0.3) is 11.0 Å². The fourth-order valence-electron chi connectivity index (χ4n) is 2.72. The number of carbonyl (C=O) groups is 1.